The van der Waals surface area contributed by atoms with Gasteiger partial charge in [0.25, 0.3) is 0 Å². The average Bonchev–Trinajstić information content (AvgIpc) is 2.13. The van der Waals surface area contributed by atoms with E-state index in [0.717, 1.165) is 10.8 Å². The number of alkyl halides is 1. The van der Waals surface area contributed by atoms with Crippen LogP contribution in [0.1, 0.15) is 6.42 Å². The Morgan fingerprint density at radius 1 is 1.70 bits per heavy atom. The molecule has 1 unspecified atom stereocenters. The van der Waals surface area contributed by atoms with Gasteiger partial charge in [-0.05, 0) is 0 Å². The molecule has 0 radical (unpaired) electrons. The van der Waals surface area contributed by atoms with Gasteiger partial charge < -0.3 is 9.47 Å². The Hall–Kier alpha value is 0.160. The van der Waals surface area contributed by atoms with E-state index in [0.29, 0.717) is 6.61 Å². The number of esters is 1. The molecule has 1 heterocycles. The largest absolute Gasteiger partial charge is 0.460 e. The number of carbonyl (C=O) groups excluding carboxylic acids is 1. The summed E-state index contributed by atoms with van der Waals surface area (Å²) in [4.78, 5) is 10.7. The minimum absolute atomic E-state index is 0.0654. The normalized spacial score (nSPS) is 27.3. The lowest BCUT2D eigenvalue weighted by Gasteiger charge is -2.08. The van der Waals surface area contributed by atoms with Crippen LogP contribution in [0.5, 0.6) is 0 Å². The fraction of sp³-hybridized carbons (Fsp3) is 0.833. The van der Waals surface area contributed by atoms with Crippen LogP contribution in [0.4, 0.5) is 0 Å². The molecular formula is C6H9IO3. The number of hydrogen-bond acceptors (Lipinski definition) is 3. The molecule has 0 aromatic rings. The molecule has 0 spiro atoms. The molecule has 0 aromatic carbocycles. The standard InChI is InChI=1S/C6H9IO3/c7-3-5-1-2-9-4-6(8)10-5/h5H,1-4H2. The molecule has 1 aliphatic rings. The van der Waals surface area contributed by atoms with Crippen molar-refractivity contribution in [2.45, 2.75) is 12.5 Å². The van der Waals surface area contributed by atoms with Gasteiger partial charge in [-0.3, -0.25) is 0 Å². The van der Waals surface area contributed by atoms with E-state index in [9.17, 15) is 4.79 Å². The molecule has 0 aliphatic carbocycles. The lowest BCUT2D eigenvalue weighted by Crippen LogP contribution is -2.18. The third-order valence-electron chi connectivity index (χ3n) is 1.27. The number of ether oxygens (including phenoxy) is 2. The third-order valence-corrected chi connectivity index (χ3v) is 2.26. The first kappa shape index (κ1) is 8.26. The van der Waals surface area contributed by atoms with Crippen LogP contribution in [0.15, 0.2) is 0 Å². The zero-order valence-electron chi connectivity index (χ0n) is 5.51. The van der Waals surface area contributed by atoms with Crippen molar-refractivity contribution < 1.29 is 14.3 Å². The molecular weight excluding hydrogens is 247 g/mol. The lowest BCUT2D eigenvalue weighted by atomic mass is 10.3. The van der Waals surface area contributed by atoms with Gasteiger partial charge in [-0.25, -0.2) is 4.79 Å². The van der Waals surface area contributed by atoms with E-state index in [-0.39, 0.29) is 18.7 Å². The number of hydrogen-bond donors (Lipinski definition) is 0. The minimum atomic E-state index is -0.237. The molecule has 0 saturated carbocycles. The molecule has 0 amide bonds. The van der Waals surface area contributed by atoms with Gasteiger partial charge in [-0.1, -0.05) is 22.6 Å². The molecule has 10 heavy (non-hydrogen) atoms. The van der Waals surface area contributed by atoms with Gasteiger partial charge in [0.1, 0.15) is 12.7 Å². The highest BCUT2D eigenvalue weighted by Crippen LogP contribution is 2.07. The van der Waals surface area contributed by atoms with Crippen molar-refractivity contribution in [3.63, 3.8) is 0 Å². The zero-order valence-corrected chi connectivity index (χ0v) is 7.67. The maximum absolute atomic E-state index is 10.7. The Kier molecular flexibility index (Phi) is 3.41. The monoisotopic (exact) mass is 256 g/mol. The van der Waals surface area contributed by atoms with Crippen molar-refractivity contribution in [1.29, 1.82) is 0 Å². The predicted molar refractivity (Wildman–Crippen MR) is 44.2 cm³/mol. The molecule has 0 bridgehead atoms. The minimum Gasteiger partial charge on any atom is -0.460 e. The second kappa shape index (κ2) is 4.12. The first-order chi connectivity index (χ1) is 4.83. The summed E-state index contributed by atoms with van der Waals surface area (Å²) < 4.78 is 10.8. The quantitative estimate of drug-likeness (QED) is 0.394. The van der Waals surface area contributed by atoms with E-state index >= 15 is 0 Å². The summed E-state index contributed by atoms with van der Waals surface area (Å²) >= 11 is 2.20. The van der Waals surface area contributed by atoms with Crippen LogP contribution in [0, 0.1) is 0 Å². The lowest BCUT2D eigenvalue weighted by molar-refractivity contribution is -0.148. The van der Waals surface area contributed by atoms with Crippen LogP contribution >= 0.6 is 22.6 Å². The number of rotatable bonds is 1. The van der Waals surface area contributed by atoms with Crippen LogP contribution in [0.3, 0.4) is 0 Å². The van der Waals surface area contributed by atoms with E-state index in [2.05, 4.69) is 22.6 Å². The Bertz CT molecular complexity index is 126. The summed E-state index contributed by atoms with van der Waals surface area (Å²) in [5.41, 5.74) is 0. The van der Waals surface area contributed by atoms with E-state index in [1.165, 1.54) is 0 Å². The van der Waals surface area contributed by atoms with E-state index in [1.54, 1.807) is 0 Å². The molecule has 1 atom stereocenters. The highest BCUT2D eigenvalue weighted by molar-refractivity contribution is 14.1. The van der Waals surface area contributed by atoms with Crippen LogP contribution < -0.4 is 0 Å². The summed E-state index contributed by atoms with van der Waals surface area (Å²) in [5.74, 6) is -0.237. The van der Waals surface area contributed by atoms with Gasteiger partial charge in [0.05, 0.1) is 6.61 Å². The maximum Gasteiger partial charge on any atom is 0.332 e. The molecule has 4 heteroatoms. The highest BCUT2D eigenvalue weighted by Gasteiger charge is 2.16. The van der Waals surface area contributed by atoms with Crippen LogP contribution in [0.25, 0.3) is 0 Å². The Labute approximate surface area is 73.2 Å². The smallest absolute Gasteiger partial charge is 0.332 e. The van der Waals surface area contributed by atoms with Gasteiger partial charge >= 0.3 is 5.97 Å². The van der Waals surface area contributed by atoms with Gasteiger partial charge in [0.15, 0.2) is 0 Å². The van der Waals surface area contributed by atoms with Gasteiger partial charge in [-0.15, -0.1) is 0 Å². The first-order valence-electron chi connectivity index (χ1n) is 3.16. The third kappa shape index (κ3) is 2.42. The molecule has 1 saturated heterocycles. The predicted octanol–water partition coefficient (Wildman–Crippen LogP) is 0.753. The Morgan fingerprint density at radius 3 is 3.20 bits per heavy atom. The molecule has 58 valence electrons. The van der Waals surface area contributed by atoms with Gasteiger partial charge in [0.2, 0.25) is 0 Å². The van der Waals surface area contributed by atoms with Gasteiger partial charge in [-0.2, -0.15) is 0 Å². The second-order valence-corrected chi connectivity index (χ2v) is 2.99. The zero-order chi connectivity index (χ0) is 7.40. The van der Waals surface area contributed by atoms with Crippen LogP contribution in [0.2, 0.25) is 0 Å². The van der Waals surface area contributed by atoms with E-state index < -0.39 is 0 Å². The molecule has 1 aliphatic heterocycles. The van der Waals surface area contributed by atoms with E-state index in [4.69, 9.17) is 9.47 Å². The topological polar surface area (TPSA) is 35.5 Å². The molecule has 3 nitrogen and oxygen atoms in total. The Balaban J connectivity index is 2.38. The number of carbonyl (C=O) groups is 1. The first-order valence-corrected chi connectivity index (χ1v) is 4.68. The van der Waals surface area contributed by atoms with Crippen molar-refractivity contribution in [2.24, 2.45) is 0 Å². The number of cyclic esters (lactones) is 1. The van der Waals surface area contributed by atoms with Crippen molar-refractivity contribution in [3.05, 3.63) is 0 Å². The van der Waals surface area contributed by atoms with E-state index in [1.807, 2.05) is 0 Å². The summed E-state index contributed by atoms with van der Waals surface area (Å²) in [6.07, 6.45) is 0.893. The summed E-state index contributed by atoms with van der Waals surface area (Å²) in [6, 6.07) is 0. The van der Waals surface area contributed by atoms with Gasteiger partial charge in [0, 0.05) is 10.8 Å². The summed E-state index contributed by atoms with van der Waals surface area (Å²) in [6.45, 7) is 0.756. The van der Waals surface area contributed by atoms with Crippen molar-refractivity contribution >= 4 is 28.6 Å². The van der Waals surface area contributed by atoms with Crippen LogP contribution in [-0.2, 0) is 14.3 Å². The molecule has 0 aromatic heterocycles. The van der Waals surface area contributed by atoms with Crippen molar-refractivity contribution in [3.8, 4) is 0 Å². The second-order valence-electron chi connectivity index (χ2n) is 2.11. The fourth-order valence-electron chi connectivity index (χ4n) is 0.758. The van der Waals surface area contributed by atoms with Crippen LogP contribution in [-0.4, -0.2) is 29.7 Å². The van der Waals surface area contributed by atoms with Crippen molar-refractivity contribution in [1.82, 2.24) is 0 Å². The van der Waals surface area contributed by atoms with Crippen molar-refractivity contribution in [2.75, 3.05) is 17.6 Å². The fourth-order valence-corrected chi connectivity index (χ4v) is 1.38. The summed E-state index contributed by atoms with van der Waals surface area (Å²) in [7, 11) is 0. The SMILES string of the molecule is O=C1COCCC(CI)O1. The highest BCUT2D eigenvalue weighted by atomic mass is 127. The number of halogens is 1. The average molecular weight is 256 g/mol. The molecule has 1 rings (SSSR count). The Morgan fingerprint density at radius 2 is 2.50 bits per heavy atom. The maximum atomic E-state index is 10.7. The molecule has 0 N–H and O–H groups in total. The summed E-state index contributed by atoms with van der Waals surface area (Å²) in [5, 5.41) is 0. The molecule has 1 fully saturated rings.